The number of carbonyl (C=O) groups is 2. The van der Waals surface area contributed by atoms with E-state index in [1.54, 1.807) is 36.2 Å². The highest BCUT2D eigenvalue weighted by Crippen LogP contribution is 2.21. The summed E-state index contributed by atoms with van der Waals surface area (Å²) in [5, 5.41) is 0. The molecule has 0 aliphatic carbocycles. The molecule has 0 radical (unpaired) electrons. The predicted molar refractivity (Wildman–Crippen MR) is 111 cm³/mol. The maximum absolute atomic E-state index is 12.6. The first kappa shape index (κ1) is 19.4. The number of rotatable bonds is 6. The number of benzene rings is 3. The van der Waals surface area contributed by atoms with Crippen molar-refractivity contribution >= 4 is 17.6 Å². The Morgan fingerprint density at radius 2 is 1.50 bits per heavy atom. The molecule has 3 rings (SSSR count). The summed E-state index contributed by atoms with van der Waals surface area (Å²) in [6, 6.07) is 24.2. The minimum absolute atomic E-state index is 0.0902. The van der Waals surface area contributed by atoms with Crippen LogP contribution in [0.1, 0.15) is 27.9 Å². The second-order valence-electron chi connectivity index (χ2n) is 6.68. The number of amides is 1. The number of nitrogens with zero attached hydrogens (tertiary/aromatic N) is 1. The van der Waals surface area contributed by atoms with Crippen molar-refractivity contribution in [2.45, 2.75) is 19.8 Å². The van der Waals surface area contributed by atoms with Crippen LogP contribution in [0.3, 0.4) is 0 Å². The van der Waals surface area contributed by atoms with Gasteiger partial charge in [-0.05, 0) is 55.3 Å². The molecular formula is C24H23NO3. The van der Waals surface area contributed by atoms with Crippen LogP contribution in [-0.4, -0.2) is 18.9 Å². The Morgan fingerprint density at radius 1 is 0.857 bits per heavy atom. The zero-order chi connectivity index (χ0) is 19.9. The molecule has 28 heavy (non-hydrogen) atoms. The molecule has 142 valence electrons. The average molecular weight is 373 g/mol. The number of aryl methyl sites for hydroxylation is 2. The number of ether oxygens (including phenoxy) is 1. The van der Waals surface area contributed by atoms with Gasteiger partial charge in [0.2, 0.25) is 0 Å². The third-order valence-corrected chi connectivity index (χ3v) is 4.52. The number of hydrogen-bond acceptors (Lipinski definition) is 3. The van der Waals surface area contributed by atoms with E-state index >= 15 is 0 Å². The Balaban J connectivity index is 1.57. The smallest absolute Gasteiger partial charge is 0.311 e. The molecule has 0 N–H and O–H groups in total. The standard InChI is InChI=1S/C24H23NO3/c1-18-8-11-20(12-9-18)24(27)25(2)21-13-15-22(16-14-21)28-23(26)17-10-19-6-4-3-5-7-19/h3-9,11-16H,10,17H2,1-2H3. The maximum atomic E-state index is 12.6. The molecule has 3 aromatic rings. The fourth-order valence-electron chi connectivity index (χ4n) is 2.82. The summed E-state index contributed by atoms with van der Waals surface area (Å²) >= 11 is 0. The largest absolute Gasteiger partial charge is 0.427 e. The summed E-state index contributed by atoms with van der Waals surface area (Å²) in [4.78, 5) is 26.2. The van der Waals surface area contributed by atoms with Gasteiger partial charge in [0.15, 0.2) is 0 Å². The van der Waals surface area contributed by atoms with Gasteiger partial charge in [0, 0.05) is 24.7 Å². The summed E-state index contributed by atoms with van der Waals surface area (Å²) in [6.07, 6.45) is 0.961. The molecule has 0 saturated heterocycles. The van der Waals surface area contributed by atoms with Crippen molar-refractivity contribution < 1.29 is 14.3 Å². The molecule has 0 spiro atoms. The Hall–Kier alpha value is -3.40. The van der Waals surface area contributed by atoms with Crippen molar-refractivity contribution in [1.82, 2.24) is 0 Å². The van der Waals surface area contributed by atoms with E-state index in [1.807, 2.05) is 61.5 Å². The van der Waals surface area contributed by atoms with E-state index in [0.29, 0.717) is 24.2 Å². The third kappa shape index (κ3) is 5.07. The lowest BCUT2D eigenvalue weighted by Crippen LogP contribution is -2.26. The average Bonchev–Trinajstić information content (AvgIpc) is 2.73. The Kier molecular flexibility index (Phi) is 6.22. The van der Waals surface area contributed by atoms with E-state index in [-0.39, 0.29) is 11.9 Å². The normalized spacial score (nSPS) is 10.4. The molecule has 0 unspecified atom stereocenters. The lowest BCUT2D eigenvalue weighted by Gasteiger charge is -2.18. The van der Waals surface area contributed by atoms with Gasteiger partial charge in [-0.15, -0.1) is 0 Å². The topological polar surface area (TPSA) is 46.6 Å². The first-order valence-electron chi connectivity index (χ1n) is 9.22. The van der Waals surface area contributed by atoms with E-state index in [0.717, 1.165) is 16.8 Å². The Bertz CT molecular complexity index is 932. The Labute approximate surface area is 165 Å². The van der Waals surface area contributed by atoms with Crippen LogP contribution < -0.4 is 9.64 Å². The van der Waals surface area contributed by atoms with Crippen molar-refractivity contribution in [3.8, 4) is 5.75 Å². The van der Waals surface area contributed by atoms with Crippen LogP contribution in [0, 0.1) is 6.92 Å². The van der Waals surface area contributed by atoms with E-state index in [2.05, 4.69) is 0 Å². The SMILES string of the molecule is Cc1ccc(C(=O)N(C)c2ccc(OC(=O)CCc3ccccc3)cc2)cc1. The number of hydrogen-bond donors (Lipinski definition) is 0. The van der Waals surface area contributed by atoms with Crippen molar-refractivity contribution in [3.63, 3.8) is 0 Å². The third-order valence-electron chi connectivity index (χ3n) is 4.52. The van der Waals surface area contributed by atoms with Crippen LogP contribution in [0.2, 0.25) is 0 Å². The molecule has 4 heteroatoms. The molecular weight excluding hydrogens is 350 g/mol. The molecule has 3 aromatic carbocycles. The molecule has 1 amide bonds. The van der Waals surface area contributed by atoms with E-state index in [1.165, 1.54) is 0 Å². The lowest BCUT2D eigenvalue weighted by molar-refractivity contribution is -0.134. The quantitative estimate of drug-likeness (QED) is 0.460. The summed E-state index contributed by atoms with van der Waals surface area (Å²) in [6.45, 7) is 1.98. The molecule has 0 aliphatic heterocycles. The number of carbonyl (C=O) groups excluding carboxylic acids is 2. The van der Waals surface area contributed by atoms with Gasteiger partial charge < -0.3 is 9.64 Å². The van der Waals surface area contributed by atoms with Gasteiger partial charge in [-0.3, -0.25) is 9.59 Å². The summed E-state index contributed by atoms with van der Waals surface area (Å²) < 4.78 is 5.39. The maximum Gasteiger partial charge on any atom is 0.311 e. The van der Waals surface area contributed by atoms with Gasteiger partial charge in [0.1, 0.15) is 5.75 Å². The molecule has 0 bridgehead atoms. The summed E-state index contributed by atoms with van der Waals surface area (Å²) in [7, 11) is 1.73. The van der Waals surface area contributed by atoms with Crippen molar-refractivity contribution in [1.29, 1.82) is 0 Å². The monoisotopic (exact) mass is 373 g/mol. The minimum atomic E-state index is -0.277. The van der Waals surface area contributed by atoms with Gasteiger partial charge in [-0.2, -0.15) is 0 Å². The molecule has 0 aliphatic rings. The van der Waals surface area contributed by atoms with Crippen LogP contribution in [0.4, 0.5) is 5.69 Å². The van der Waals surface area contributed by atoms with Gasteiger partial charge in [-0.1, -0.05) is 48.0 Å². The van der Waals surface area contributed by atoms with Crippen LogP contribution >= 0.6 is 0 Å². The second kappa shape index (κ2) is 9.00. The van der Waals surface area contributed by atoms with E-state index < -0.39 is 0 Å². The predicted octanol–water partition coefficient (Wildman–Crippen LogP) is 4.81. The molecule has 4 nitrogen and oxygen atoms in total. The number of anilines is 1. The van der Waals surface area contributed by atoms with Gasteiger partial charge in [-0.25, -0.2) is 0 Å². The molecule has 0 saturated carbocycles. The highest BCUT2D eigenvalue weighted by Gasteiger charge is 2.14. The van der Waals surface area contributed by atoms with Crippen molar-refractivity contribution in [2.24, 2.45) is 0 Å². The fraction of sp³-hybridized carbons (Fsp3) is 0.167. The van der Waals surface area contributed by atoms with Crippen molar-refractivity contribution in [3.05, 3.63) is 95.6 Å². The highest BCUT2D eigenvalue weighted by molar-refractivity contribution is 6.05. The van der Waals surface area contributed by atoms with Crippen LogP contribution in [0.5, 0.6) is 5.75 Å². The first-order chi connectivity index (χ1) is 13.5. The van der Waals surface area contributed by atoms with Crippen LogP contribution in [0.25, 0.3) is 0 Å². The molecule has 0 heterocycles. The zero-order valence-electron chi connectivity index (χ0n) is 16.1. The van der Waals surface area contributed by atoms with Crippen molar-refractivity contribution in [2.75, 3.05) is 11.9 Å². The number of esters is 1. The minimum Gasteiger partial charge on any atom is -0.427 e. The first-order valence-corrected chi connectivity index (χ1v) is 9.22. The summed E-state index contributed by atoms with van der Waals surface area (Å²) in [5.41, 5.74) is 3.57. The van der Waals surface area contributed by atoms with E-state index in [9.17, 15) is 9.59 Å². The zero-order valence-corrected chi connectivity index (χ0v) is 16.1. The lowest BCUT2D eigenvalue weighted by atomic mass is 10.1. The molecule has 0 fully saturated rings. The van der Waals surface area contributed by atoms with Gasteiger partial charge in [0.25, 0.3) is 5.91 Å². The van der Waals surface area contributed by atoms with Crippen LogP contribution in [0.15, 0.2) is 78.9 Å². The summed E-state index contributed by atoms with van der Waals surface area (Å²) in [5.74, 6) is 0.103. The Morgan fingerprint density at radius 3 is 2.14 bits per heavy atom. The van der Waals surface area contributed by atoms with E-state index in [4.69, 9.17) is 4.74 Å². The van der Waals surface area contributed by atoms with Gasteiger partial charge in [0.05, 0.1) is 0 Å². The fourth-order valence-corrected chi connectivity index (χ4v) is 2.82. The highest BCUT2D eigenvalue weighted by atomic mass is 16.5. The second-order valence-corrected chi connectivity index (χ2v) is 6.68. The van der Waals surface area contributed by atoms with Crippen LogP contribution in [-0.2, 0) is 11.2 Å². The molecule has 0 aromatic heterocycles. The van der Waals surface area contributed by atoms with Gasteiger partial charge >= 0.3 is 5.97 Å². The molecule has 0 atom stereocenters.